The average Bonchev–Trinajstić information content (AvgIpc) is 2.88. The number of aliphatic hydroxyl groups is 2. The van der Waals surface area contributed by atoms with E-state index in [-0.39, 0.29) is 23.5 Å². The Balaban J connectivity index is 1.76. The van der Waals surface area contributed by atoms with Crippen molar-refractivity contribution in [3.8, 4) is 23.0 Å². The highest BCUT2D eigenvalue weighted by atomic mass is 19.4. The van der Waals surface area contributed by atoms with Crippen molar-refractivity contribution < 1.29 is 51.5 Å². The van der Waals surface area contributed by atoms with Gasteiger partial charge in [-0.25, -0.2) is 4.39 Å². The van der Waals surface area contributed by atoms with Crippen molar-refractivity contribution in [2.45, 2.75) is 56.9 Å². The lowest BCUT2D eigenvalue weighted by Crippen LogP contribution is -2.35. The Kier molecular flexibility index (Phi) is 9.29. The first-order chi connectivity index (χ1) is 19.7. The third-order valence-electron chi connectivity index (χ3n) is 6.61. The van der Waals surface area contributed by atoms with Crippen LogP contribution < -0.4 is 19.5 Å². The molecule has 0 bridgehead atoms. The van der Waals surface area contributed by atoms with Gasteiger partial charge in [-0.1, -0.05) is 0 Å². The molecule has 0 aliphatic heterocycles. The van der Waals surface area contributed by atoms with Crippen LogP contribution in [0.2, 0.25) is 0 Å². The van der Waals surface area contributed by atoms with E-state index in [2.05, 4.69) is 15.0 Å². The van der Waals surface area contributed by atoms with Crippen molar-refractivity contribution in [3.63, 3.8) is 0 Å². The molecule has 1 saturated carbocycles. The van der Waals surface area contributed by atoms with Crippen LogP contribution in [0.3, 0.4) is 0 Å². The number of carbonyl (C=O) groups excluding carboxylic acids is 1. The molecule has 0 saturated heterocycles. The first kappa shape index (κ1) is 31.1. The van der Waals surface area contributed by atoms with Crippen molar-refractivity contribution in [3.05, 3.63) is 71.3 Å². The number of alkyl halides is 3. The van der Waals surface area contributed by atoms with Crippen molar-refractivity contribution in [2.75, 3.05) is 12.4 Å². The number of benzene rings is 2. The van der Waals surface area contributed by atoms with Gasteiger partial charge in [-0.3, -0.25) is 9.78 Å². The standard InChI is InChI=1S/C28H29BF4N2O7/c1-15-11-18(9-10-34-15)35-26(36)25-21(30)12-17(16-3-5-19(39-2)6-4-16)13-24(25)40-22-8-7-20(41-28(31,32)33)14-23(22)42-27(29,37)38/h7-14,16,19,37-38H,3-6,29H2,1-2H3,(H,34,35,36)/t16-,19+. The zero-order valence-corrected chi connectivity index (χ0v) is 23.0. The number of nitrogens with one attached hydrogen (secondary N) is 1. The summed E-state index contributed by atoms with van der Waals surface area (Å²) in [7, 11) is 2.45. The lowest BCUT2D eigenvalue weighted by atomic mass is 9.82. The SMILES string of the molecule is BC(O)(O)Oc1cc(OC(F)(F)F)ccc1Oc1cc([C@H]2CC[C@@H](OC)CC2)cc(F)c1C(=O)Nc1ccnc(C)c1. The van der Waals surface area contributed by atoms with Gasteiger partial charge in [-0.15, -0.1) is 13.2 Å². The summed E-state index contributed by atoms with van der Waals surface area (Å²) in [4.78, 5) is 17.4. The molecule has 0 spiro atoms. The van der Waals surface area contributed by atoms with Crippen LogP contribution >= 0.6 is 0 Å². The number of halogens is 4. The van der Waals surface area contributed by atoms with E-state index in [1.54, 1.807) is 20.1 Å². The summed E-state index contributed by atoms with van der Waals surface area (Å²) < 4.78 is 74.4. The number of hydrogen-bond acceptors (Lipinski definition) is 8. The van der Waals surface area contributed by atoms with E-state index >= 15 is 4.39 Å². The van der Waals surface area contributed by atoms with Gasteiger partial charge in [0.2, 0.25) is 7.85 Å². The number of rotatable bonds is 9. The molecule has 1 aromatic heterocycles. The highest BCUT2D eigenvalue weighted by Gasteiger charge is 2.32. The fourth-order valence-electron chi connectivity index (χ4n) is 4.76. The molecule has 1 aliphatic rings. The van der Waals surface area contributed by atoms with Crippen molar-refractivity contribution in [2.24, 2.45) is 0 Å². The van der Waals surface area contributed by atoms with Crippen molar-refractivity contribution >= 4 is 19.4 Å². The van der Waals surface area contributed by atoms with Crippen LogP contribution in [0.1, 0.15) is 53.2 Å². The van der Waals surface area contributed by atoms with Crippen LogP contribution in [0.15, 0.2) is 48.7 Å². The third kappa shape index (κ3) is 8.34. The maximum absolute atomic E-state index is 15.7. The molecule has 1 heterocycles. The van der Waals surface area contributed by atoms with Crippen LogP contribution in [0.25, 0.3) is 0 Å². The lowest BCUT2D eigenvalue weighted by Gasteiger charge is -2.28. The van der Waals surface area contributed by atoms with E-state index in [1.165, 1.54) is 24.4 Å². The molecule has 1 fully saturated rings. The van der Waals surface area contributed by atoms with E-state index in [4.69, 9.17) is 14.2 Å². The minimum absolute atomic E-state index is 0.0790. The smallest absolute Gasteiger partial charge is 0.452 e. The van der Waals surface area contributed by atoms with Gasteiger partial charge in [-0.2, -0.15) is 0 Å². The Hall–Kier alpha value is -3.88. The minimum atomic E-state index is -5.04. The number of anilines is 1. The Bertz CT molecular complexity index is 1420. The molecule has 14 heteroatoms. The normalized spacial score (nSPS) is 17.4. The fourth-order valence-corrected chi connectivity index (χ4v) is 4.76. The molecule has 3 N–H and O–H groups in total. The summed E-state index contributed by atoms with van der Waals surface area (Å²) in [5, 5.41) is 22.2. The number of amides is 1. The Morgan fingerprint density at radius 3 is 2.33 bits per heavy atom. The summed E-state index contributed by atoms with van der Waals surface area (Å²) >= 11 is 0. The maximum Gasteiger partial charge on any atom is 0.573 e. The summed E-state index contributed by atoms with van der Waals surface area (Å²) in [6.07, 6.45) is -0.641. The molecule has 3 aromatic rings. The van der Waals surface area contributed by atoms with Crippen LogP contribution in [-0.4, -0.2) is 54.4 Å². The molecule has 1 aliphatic carbocycles. The van der Waals surface area contributed by atoms with Crippen LogP contribution in [-0.2, 0) is 4.74 Å². The molecule has 0 radical (unpaired) electrons. The van der Waals surface area contributed by atoms with Crippen LogP contribution in [0, 0.1) is 12.7 Å². The van der Waals surface area contributed by atoms with Crippen molar-refractivity contribution in [1.82, 2.24) is 4.98 Å². The molecular weight excluding hydrogens is 563 g/mol. The second kappa shape index (κ2) is 12.6. The Morgan fingerprint density at radius 2 is 1.71 bits per heavy atom. The number of ether oxygens (including phenoxy) is 4. The van der Waals surface area contributed by atoms with Crippen molar-refractivity contribution in [1.29, 1.82) is 0 Å². The Morgan fingerprint density at radius 1 is 1.00 bits per heavy atom. The van der Waals surface area contributed by atoms with Gasteiger partial charge < -0.3 is 34.5 Å². The van der Waals surface area contributed by atoms with E-state index in [1.807, 2.05) is 0 Å². The van der Waals surface area contributed by atoms with Gasteiger partial charge in [0.1, 0.15) is 22.9 Å². The van der Waals surface area contributed by atoms with E-state index in [0.29, 0.717) is 29.8 Å². The second-order valence-electron chi connectivity index (χ2n) is 10.0. The molecule has 224 valence electrons. The molecular formula is C28H29BF4N2O7. The molecule has 0 atom stereocenters. The van der Waals surface area contributed by atoms with Crippen LogP contribution in [0.4, 0.5) is 23.2 Å². The third-order valence-corrected chi connectivity index (χ3v) is 6.61. The van der Waals surface area contributed by atoms with Gasteiger partial charge in [0, 0.05) is 30.8 Å². The second-order valence-corrected chi connectivity index (χ2v) is 10.0. The predicted molar refractivity (Wildman–Crippen MR) is 145 cm³/mol. The highest BCUT2D eigenvalue weighted by Crippen LogP contribution is 2.42. The first-order valence-electron chi connectivity index (χ1n) is 13.0. The zero-order chi connectivity index (χ0) is 30.7. The van der Waals surface area contributed by atoms with E-state index < -0.39 is 41.0 Å². The van der Waals surface area contributed by atoms with Crippen LogP contribution in [0.5, 0.6) is 23.0 Å². The van der Waals surface area contributed by atoms with Gasteiger partial charge in [0.25, 0.3) is 11.8 Å². The number of pyridine rings is 1. The number of carbonyl (C=O) groups is 1. The number of aromatic nitrogens is 1. The molecule has 1 amide bonds. The Labute approximate surface area is 239 Å². The van der Waals surface area contributed by atoms with Gasteiger partial charge in [0.15, 0.2) is 11.5 Å². The van der Waals surface area contributed by atoms with Gasteiger partial charge in [-0.05, 0) is 80.5 Å². The largest absolute Gasteiger partial charge is 0.573 e. The topological polar surface area (TPSA) is 119 Å². The monoisotopic (exact) mass is 592 g/mol. The lowest BCUT2D eigenvalue weighted by molar-refractivity contribution is -0.274. The molecule has 9 nitrogen and oxygen atoms in total. The fraction of sp³-hybridized carbons (Fsp3) is 0.357. The summed E-state index contributed by atoms with van der Waals surface area (Å²) in [5.74, 6) is -6.60. The minimum Gasteiger partial charge on any atom is -0.452 e. The summed E-state index contributed by atoms with van der Waals surface area (Å²) in [5.41, 5.74) is 0.998. The van der Waals surface area contributed by atoms with Gasteiger partial charge in [0.05, 0.1) is 6.10 Å². The average molecular weight is 592 g/mol. The van der Waals surface area contributed by atoms with Gasteiger partial charge >= 0.3 is 6.36 Å². The number of methoxy groups -OCH3 is 1. The quantitative estimate of drug-likeness (QED) is 0.185. The number of hydrogen-bond donors (Lipinski definition) is 3. The molecule has 42 heavy (non-hydrogen) atoms. The first-order valence-corrected chi connectivity index (χ1v) is 13.0. The molecule has 2 aromatic carbocycles. The highest BCUT2D eigenvalue weighted by molar-refractivity contribution is 6.12. The zero-order valence-electron chi connectivity index (χ0n) is 23.0. The predicted octanol–water partition coefficient (Wildman–Crippen LogP) is 4.75. The summed E-state index contributed by atoms with van der Waals surface area (Å²) in [6.45, 7) is 1.71. The number of nitrogens with zero attached hydrogens (tertiary/aromatic N) is 1. The van der Waals surface area contributed by atoms with E-state index in [9.17, 15) is 28.2 Å². The summed E-state index contributed by atoms with van der Waals surface area (Å²) in [6, 6.07) is 8.45. The molecule has 4 rings (SSSR count). The molecule has 0 unspecified atom stereocenters. The number of aryl methyl sites for hydroxylation is 1. The maximum atomic E-state index is 15.7. The van der Waals surface area contributed by atoms with E-state index in [0.717, 1.165) is 38.9 Å².